The maximum absolute atomic E-state index is 15.5. The lowest BCUT2D eigenvalue weighted by Gasteiger charge is -2.18. The van der Waals surface area contributed by atoms with Gasteiger partial charge in [0.2, 0.25) is 23.4 Å². The number of nitrogens with zero attached hydrogens (tertiary/aromatic N) is 8. The molecule has 11 nitrogen and oxygen atoms in total. The molecular formula is C25H28FN9O2. The Balaban J connectivity index is 1.40. The summed E-state index contributed by atoms with van der Waals surface area (Å²) in [5, 5.41) is 15.0. The Morgan fingerprint density at radius 1 is 1.22 bits per heavy atom. The lowest BCUT2D eigenvalue weighted by Crippen LogP contribution is -2.13. The van der Waals surface area contributed by atoms with Crippen LogP contribution in [0.15, 0.2) is 29.2 Å². The molecule has 1 N–H and O–H groups in total. The summed E-state index contributed by atoms with van der Waals surface area (Å²) in [5.74, 6) is 0.587. The minimum Gasteiger partial charge on any atom is -0.338 e. The molecule has 3 aromatic heterocycles. The van der Waals surface area contributed by atoms with Crippen LogP contribution in [0.3, 0.4) is 0 Å². The number of halogens is 1. The van der Waals surface area contributed by atoms with Crippen molar-refractivity contribution in [1.29, 1.82) is 0 Å². The van der Waals surface area contributed by atoms with E-state index in [0.717, 1.165) is 36.8 Å². The first-order valence-electron chi connectivity index (χ1n) is 12.2. The first-order valence-corrected chi connectivity index (χ1v) is 12.2. The van der Waals surface area contributed by atoms with E-state index in [4.69, 9.17) is 4.52 Å². The highest BCUT2D eigenvalue weighted by Gasteiger charge is 2.28. The zero-order valence-electron chi connectivity index (χ0n) is 21.2. The van der Waals surface area contributed by atoms with Gasteiger partial charge in [0.15, 0.2) is 11.6 Å². The van der Waals surface area contributed by atoms with Gasteiger partial charge in [-0.2, -0.15) is 19.9 Å². The van der Waals surface area contributed by atoms with Gasteiger partial charge in [-0.3, -0.25) is 4.79 Å². The molecule has 0 saturated carbocycles. The SMILES string of the molecule is Cn1ncc(Nc2ncnc(-c3cc4c(cc3F)[C@H](CC(=O)c3noc(C(C)(C)C)n3)CCCC4)n2)n1. The van der Waals surface area contributed by atoms with Crippen molar-refractivity contribution >= 4 is 17.5 Å². The third-order valence-corrected chi connectivity index (χ3v) is 6.32. The van der Waals surface area contributed by atoms with Crippen LogP contribution < -0.4 is 5.32 Å². The van der Waals surface area contributed by atoms with Crippen LogP contribution in [0.5, 0.6) is 0 Å². The highest BCUT2D eigenvalue weighted by molar-refractivity contribution is 5.93. The molecule has 192 valence electrons. The van der Waals surface area contributed by atoms with Gasteiger partial charge in [-0.1, -0.05) is 32.3 Å². The number of carbonyl (C=O) groups excluding carboxylic acids is 1. The molecule has 1 aliphatic rings. The van der Waals surface area contributed by atoms with Gasteiger partial charge < -0.3 is 9.84 Å². The van der Waals surface area contributed by atoms with Crippen molar-refractivity contribution < 1.29 is 13.7 Å². The van der Waals surface area contributed by atoms with Crippen LogP contribution in [-0.4, -0.2) is 45.9 Å². The molecule has 3 heterocycles. The summed E-state index contributed by atoms with van der Waals surface area (Å²) in [6, 6.07) is 3.31. The second-order valence-corrected chi connectivity index (χ2v) is 10.3. The molecule has 37 heavy (non-hydrogen) atoms. The molecule has 1 atom stereocenters. The number of hydrogen-bond acceptors (Lipinski definition) is 10. The van der Waals surface area contributed by atoms with Crippen molar-refractivity contribution in [2.24, 2.45) is 7.05 Å². The molecule has 0 unspecified atom stereocenters. The quantitative estimate of drug-likeness (QED) is 0.298. The van der Waals surface area contributed by atoms with Gasteiger partial charge >= 0.3 is 0 Å². The summed E-state index contributed by atoms with van der Waals surface area (Å²) < 4.78 is 20.7. The smallest absolute Gasteiger partial charge is 0.238 e. The van der Waals surface area contributed by atoms with E-state index in [0.29, 0.717) is 11.7 Å². The number of aryl methyl sites for hydroxylation is 2. The molecule has 12 heteroatoms. The van der Waals surface area contributed by atoms with Gasteiger partial charge in [-0.25, -0.2) is 14.4 Å². The zero-order chi connectivity index (χ0) is 26.2. The van der Waals surface area contributed by atoms with E-state index in [1.165, 1.54) is 23.4 Å². The number of carbonyl (C=O) groups is 1. The topological polar surface area (TPSA) is 137 Å². The summed E-state index contributed by atoms with van der Waals surface area (Å²) in [7, 11) is 1.70. The fourth-order valence-corrected chi connectivity index (χ4v) is 4.44. The van der Waals surface area contributed by atoms with Gasteiger partial charge in [-0.05, 0) is 48.4 Å². The number of rotatable bonds is 6. The molecule has 0 amide bonds. The van der Waals surface area contributed by atoms with E-state index in [-0.39, 0.29) is 46.7 Å². The van der Waals surface area contributed by atoms with Crippen molar-refractivity contribution in [3.8, 4) is 11.4 Å². The van der Waals surface area contributed by atoms with Crippen LogP contribution in [0, 0.1) is 5.82 Å². The predicted molar refractivity (Wildman–Crippen MR) is 132 cm³/mol. The molecule has 5 rings (SSSR count). The van der Waals surface area contributed by atoms with Crippen LogP contribution in [0.1, 0.15) is 80.0 Å². The number of anilines is 2. The van der Waals surface area contributed by atoms with Gasteiger partial charge in [0.1, 0.15) is 12.1 Å². The van der Waals surface area contributed by atoms with E-state index in [2.05, 4.69) is 40.6 Å². The van der Waals surface area contributed by atoms with Crippen LogP contribution in [0.4, 0.5) is 16.2 Å². The summed E-state index contributed by atoms with van der Waals surface area (Å²) in [6.07, 6.45) is 6.47. The van der Waals surface area contributed by atoms with E-state index in [1.54, 1.807) is 13.1 Å². The van der Waals surface area contributed by atoms with E-state index < -0.39 is 5.82 Å². The van der Waals surface area contributed by atoms with Gasteiger partial charge in [-0.15, -0.1) is 5.10 Å². The Morgan fingerprint density at radius 3 is 2.78 bits per heavy atom. The Hall–Kier alpha value is -4.09. The number of hydrogen-bond donors (Lipinski definition) is 1. The fourth-order valence-electron chi connectivity index (χ4n) is 4.44. The van der Waals surface area contributed by atoms with Gasteiger partial charge in [0.05, 0.1) is 11.8 Å². The molecular weight excluding hydrogens is 477 g/mol. The number of aromatic nitrogens is 8. The number of ketones is 1. The standard InChI is InChI=1S/C25H28FN9O2/c1-25(2,3)23-31-22(34-37-23)19(36)10-15-8-6-5-7-14-9-17(18(26)11-16(14)15)21-27-13-28-24(32-21)30-20-12-29-35(4)33-20/h9,11-13,15H,5-8,10H2,1-4H3,(H,27,28,30,32,33)/t15-/m0/s1. The number of benzene rings is 1. The summed E-state index contributed by atoms with van der Waals surface area (Å²) in [4.78, 5) is 31.4. The van der Waals surface area contributed by atoms with Crippen molar-refractivity contribution in [2.75, 3.05) is 5.32 Å². The molecule has 1 aromatic carbocycles. The lowest BCUT2D eigenvalue weighted by atomic mass is 9.87. The van der Waals surface area contributed by atoms with Crippen molar-refractivity contribution in [2.45, 2.75) is 64.2 Å². The third kappa shape index (κ3) is 5.37. The summed E-state index contributed by atoms with van der Waals surface area (Å²) in [5.41, 5.74) is 1.75. The largest absolute Gasteiger partial charge is 0.338 e. The van der Waals surface area contributed by atoms with Crippen molar-refractivity contribution in [3.05, 3.63) is 53.3 Å². The van der Waals surface area contributed by atoms with Crippen molar-refractivity contribution in [1.82, 2.24) is 40.1 Å². The maximum atomic E-state index is 15.5. The van der Waals surface area contributed by atoms with Crippen LogP contribution in [0.2, 0.25) is 0 Å². The Labute approximate surface area is 212 Å². The normalized spacial score (nSPS) is 15.8. The average Bonchev–Trinajstić information content (AvgIpc) is 3.47. The molecule has 0 bridgehead atoms. The second kappa shape index (κ2) is 9.75. The second-order valence-electron chi connectivity index (χ2n) is 10.3. The monoisotopic (exact) mass is 505 g/mol. The van der Waals surface area contributed by atoms with E-state index in [1.807, 2.05) is 20.8 Å². The van der Waals surface area contributed by atoms with Crippen LogP contribution in [-0.2, 0) is 18.9 Å². The first kappa shape index (κ1) is 24.6. The number of Topliss-reactive ketones (excluding diaryl/α,β-unsaturated/α-hetero) is 1. The molecule has 4 aromatic rings. The van der Waals surface area contributed by atoms with Gasteiger partial charge in [0.25, 0.3) is 0 Å². The van der Waals surface area contributed by atoms with E-state index in [9.17, 15) is 4.79 Å². The molecule has 0 saturated heterocycles. The number of fused-ring (bicyclic) bond motifs is 1. The lowest BCUT2D eigenvalue weighted by molar-refractivity contribution is 0.0959. The maximum Gasteiger partial charge on any atom is 0.238 e. The van der Waals surface area contributed by atoms with Crippen molar-refractivity contribution in [3.63, 3.8) is 0 Å². The molecule has 0 fully saturated rings. The first-order chi connectivity index (χ1) is 17.7. The highest BCUT2D eigenvalue weighted by atomic mass is 19.1. The zero-order valence-corrected chi connectivity index (χ0v) is 21.2. The van der Waals surface area contributed by atoms with Crippen LogP contribution >= 0.6 is 0 Å². The third-order valence-electron chi connectivity index (χ3n) is 6.32. The molecule has 0 aliphatic heterocycles. The Bertz CT molecular complexity index is 1440. The molecule has 1 aliphatic carbocycles. The minimum absolute atomic E-state index is 0.0705. The minimum atomic E-state index is -0.454. The summed E-state index contributed by atoms with van der Waals surface area (Å²) >= 11 is 0. The number of nitrogens with one attached hydrogen (secondary N) is 1. The summed E-state index contributed by atoms with van der Waals surface area (Å²) in [6.45, 7) is 5.83. The Kier molecular flexibility index (Phi) is 6.48. The molecule has 0 radical (unpaired) electrons. The van der Waals surface area contributed by atoms with Crippen LogP contribution in [0.25, 0.3) is 11.4 Å². The predicted octanol–water partition coefficient (Wildman–Crippen LogP) is 4.31. The average molecular weight is 506 g/mol. The van der Waals surface area contributed by atoms with Gasteiger partial charge in [0, 0.05) is 18.9 Å². The Morgan fingerprint density at radius 2 is 2.05 bits per heavy atom. The molecule has 0 spiro atoms. The fraction of sp³-hybridized carbons (Fsp3) is 0.440. The highest BCUT2D eigenvalue weighted by Crippen LogP contribution is 2.37. The van der Waals surface area contributed by atoms with E-state index >= 15 is 4.39 Å².